The normalized spacial score (nSPS) is 14.1. The molecule has 0 unspecified atom stereocenters. The smallest absolute Gasteiger partial charge is 0.369 e. The van der Waals surface area contributed by atoms with Gasteiger partial charge in [-0.3, -0.25) is 0 Å². The van der Waals surface area contributed by atoms with Crippen LogP contribution in [0.15, 0.2) is 36.5 Å². The average molecular weight is 524 g/mol. The molecule has 1 N–H and O–H groups in total. The second kappa shape index (κ2) is 10.6. The quantitative estimate of drug-likeness (QED) is 0.395. The van der Waals surface area contributed by atoms with Crippen molar-refractivity contribution in [2.45, 2.75) is 45.2 Å². The van der Waals surface area contributed by atoms with Crippen molar-refractivity contribution in [2.24, 2.45) is 0 Å². The van der Waals surface area contributed by atoms with Crippen LogP contribution in [0.1, 0.15) is 48.0 Å². The fraction of sp³-hybridized carbons (Fsp3) is 0.400. The van der Waals surface area contributed by atoms with Crippen LogP contribution >= 0.6 is 23.2 Å². The van der Waals surface area contributed by atoms with Crippen LogP contribution in [0, 0.1) is 0 Å². The third-order valence-electron chi connectivity index (χ3n) is 5.99. The summed E-state index contributed by atoms with van der Waals surface area (Å²) < 4.78 is 40.8. The highest BCUT2D eigenvalue weighted by atomic mass is 35.5. The molecule has 0 saturated carbocycles. The van der Waals surface area contributed by atoms with Gasteiger partial charge in [0.05, 0.1) is 21.3 Å². The van der Waals surface area contributed by atoms with Crippen LogP contribution in [-0.2, 0) is 25.4 Å². The number of aromatic nitrogens is 3. The fourth-order valence-corrected chi connectivity index (χ4v) is 4.58. The van der Waals surface area contributed by atoms with Crippen molar-refractivity contribution in [1.82, 2.24) is 15.0 Å². The Morgan fingerprint density at radius 3 is 2.57 bits per heavy atom. The molecule has 1 aromatic carbocycles. The van der Waals surface area contributed by atoms with Gasteiger partial charge in [-0.2, -0.15) is 13.2 Å². The molecule has 0 fully saturated rings. The Labute approximate surface area is 212 Å². The number of benzene rings is 1. The summed E-state index contributed by atoms with van der Waals surface area (Å²) in [6.07, 6.45) is -1.43. The molecule has 2 aromatic heterocycles. The van der Waals surface area contributed by atoms with E-state index in [-0.39, 0.29) is 11.7 Å². The number of alkyl halides is 3. The Kier molecular flexibility index (Phi) is 7.71. The van der Waals surface area contributed by atoms with Crippen LogP contribution in [0.2, 0.25) is 10.0 Å². The summed E-state index contributed by atoms with van der Waals surface area (Å²) in [4.78, 5) is 15.3. The maximum Gasteiger partial charge on any atom is 0.419 e. The molecule has 186 valence electrons. The number of nitrogens with zero attached hydrogens (tertiary/aromatic N) is 4. The lowest BCUT2D eigenvalue weighted by atomic mass is 10.1. The number of hydrogen-bond acceptors (Lipinski definition) is 5. The van der Waals surface area contributed by atoms with Crippen molar-refractivity contribution in [3.05, 3.63) is 74.8 Å². The molecule has 0 saturated heterocycles. The first kappa shape index (κ1) is 25.5. The largest absolute Gasteiger partial charge is 0.419 e. The Morgan fingerprint density at radius 2 is 1.83 bits per heavy atom. The minimum atomic E-state index is -4.47. The number of fused-ring (bicyclic) bond motifs is 1. The summed E-state index contributed by atoms with van der Waals surface area (Å²) in [7, 11) is 0. The highest BCUT2D eigenvalue weighted by Crippen LogP contribution is 2.36. The first-order valence-electron chi connectivity index (χ1n) is 11.5. The van der Waals surface area contributed by atoms with E-state index >= 15 is 0 Å². The number of pyridine rings is 1. The molecule has 0 atom stereocenters. The van der Waals surface area contributed by atoms with E-state index in [4.69, 9.17) is 33.2 Å². The van der Waals surface area contributed by atoms with Gasteiger partial charge in [0.1, 0.15) is 17.5 Å². The molecule has 0 aliphatic carbocycles. The SMILES string of the molecule is CC(C)c1nc2c(c(NCCc3cccc(Cl)c3Cl)n1)CCN(c1ncccc1C(F)(F)F)CC2. The van der Waals surface area contributed by atoms with E-state index in [9.17, 15) is 13.2 Å². The number of anilines is 2. The average Bonchev–Trinajstić information content (AvgIpc) is 3.04. The maximum atomic E-state index is 13.6. The third-order valence-corrected chi connectivity index (χ3v) is 6.84. The van der Waals surface area contributed by atoms with Crippen LogP contribution in [0.25, 0.3) is 0 Å². The van der Waals surface area contributed by atoms with Gasteiger partial charge in [-0.25, -0.2) is 15.0 Å². The topological polar surface area (TPSA) is 53.9 Å². The molecule has 3 aromatic rings. The minimum Gasteiger partial charge on any atom is -0.369 e. The fourth-order valence-electron chi connectivity index (χ4n) is 4.16. The zero-order chi connectivity index (χ0) is 25.2. The van der Waals surface area contributed by atoms with Crippen molar-refractivity contribution in [1.29, 1.82) is 0 Å². The predicted octanol–water partition coefficient (Wildman–Crippen LogP) is 6.58. The molecule has 0 bridgehead atoms. The van der Waals surface area contributed by atoms with Gasteiger partial charge >= 0.3 is 6.18 Å². The van der Waals surface area contributed by atoms with Gasteiger partial charge in [0, 0.05) is 43.7 Å². The molecule has 5 nitrogen and oxygen atoms in total. The number of nitrogens with one attached hydrogen (secondary N) is 1. The zero-order valence-corrected chi connectivity index (χ0v) is 21.0. The molecular weight excluding hydrogens is 498 g/mol. The Morgan fingerprint density at radius 1 is 1.06 bits per heavy atom. The molecule has 35 heavy (non-hydrogen) atoms. The standard InChI is InChI=1S/C25H26Cl2F3N5/c1-15(2)22-33-20-10-14-35(24-18(25(28,29)30)6-4-11-32-24)13-9-17(20)23(34-22)31-12-8-16-5-3-7-19(26)21(16)27/h3-7,11,15H,8-10,12-14H2,1-2H3,(H,31,33,34). The van der Waals surface area contributed by atoms with Crippen molar-refractivity contribution in [3.63, 3.8) is 0 Å². The van der Waals surface area contributed by atoms with E-state index < -0.39 is 11.7 Å². The Balaban J connectivity index is 1.58. The molecule has 10 heteroatoms. The first-order valence-corrected chi connectivity index (χ1v) is 12.2. The van der Waals surface area contributed by atoms with E-state index in [2.05, 4.69) is 10.3 Å². The zero-order valence-electron chi connectivity index (χ0n) is 19.5. The summed E-state index contributed by atoms with van der Waals surface area (Å²) in [5.74, 6) is 1.48. The number of halogens is 5. The molecule has 0 radical (unpaired) electrons. The van der Waals surface area contributed by atoms with Gasteiger partial charge < -0.3 is 10.2 Å². The van der Waals surface area contributed by atoms with Crippen LogP contribution in [0.4, 0.5) is 24.8 Å². The minimum absolute atomic E-state index is 0.0463. The highest BCUT2D eigenvalue weighted by Gasteiger charge is 2.36. The molecule has 3 heterocycles. The van der Waals surface area contributed by atoms with Crippen LogP contribution in [-0.4, -0.2) is 34.6 Å². The van der Waals surface area contributed by atoms with Crippen molar-refractivity contribution < 1.29 is 13.2 Å². The third kappa shape index (κ3) is 5.81. The lowest BCUT2D eigenvalue weighted by molar-refractivity contribution is -0.137. The molecule has 4 rings (SSSR count). The Hall–Kier alpha value is -2.58. The van der Waals surface area contributed by atoms with Crippen LogP contribution in [0.5, 0.6) is 0 Å². The number of rotatable bonds is 6. The van der Waals surface area contributed by atoms with Crippen molar-refractivity contribution in [3.8, 4) is 0 Å². The molecule has 1 aliphatic rings. The number of hydrogen-bond donors (Lipinski definition) is 1. The van der Waals surface area contributed by atoms with Gasteiger partial charge in [-0.05, 0) is 36.6 Å². The van der Waals surface area contributed by atoms with E-state index in [1.807, 2.05) is 26.0 Å². The summed E-state index contributed by atoms with van der Waals surface area (Å²) in [6.45, 7) is 5.38. The summed E-state index contributed by atoms with van der Waals surface area (Å²) >= 11 is 12.4. The maximum absolute atomic E-state index is 13.6. The van der Waals surface area contributed by atoms with Crippen molar-refractivity contribution in [2.75, 3.05) is 29.9 Å². The molecular formula is C25H26Cl2F3N5. The first-order chi connectivity index (χ1) is 16.6. The predicted molar refractivity (Wildman–Crippen MR) is 134 cm³/mol. The highest BCUT2D eigenvalue weighted by molar-refractivity contribution is 6.42. The molecule has 0 spiro atoms. The summed E-state index contributed by atoms with van der Waals surface area (Å²) in [5.41, 5.74) is 1.99. The molecule has 0 amide bonds. The lowest BCUT2D eigenvalue weighted by Gasteiger charge is -2.24. The van der Waals surface area contributed by atoms with E-state index in [1.165, 1.54) is 12.3 Å². The van der Waals surface area contributed by atoms with E-state index in [0.29, 0.717) is 54.8 Å². The molecule has 1 aliphatic heterocycles. The van der Waals surface area contributed by atoms with Gasteiger partial charge in [0.25, 0.3) is 0 Å². The van der Waals surface area contributed by atoms with Crippen molar-refractivity contribution >= 4 is 34.8 Å². The summed E-state index contributed by atoms with van der Waals surface area (Å²) in [5, 5.41) is 4.46. The second-order valence-electron chi connectivity index (χ2n) is 8.76. The second-order valence-corrected chi connectivity index (χ2v) is 9.54. The van der Waals surface area contributed by atoms with Gasteiger partial charge in [-0.1, -0.05) is 49.2 Å². The monoisotopic (exact) mass is 523 g/mol. The summed E-state index contributed by atoms with van der Waals surface area (Å²) in [6, 6.07) is 7.92. The van der Waals surface area contributed by atoms with Crippen LogP contribution < -0.4 is 10.2 Å². The van der Waals surface area contributed by atoms with Crippen LogP contribution in [0.3, 0.4) is 0 Å². The van der Waals surface area contributed by atoms with Gasteiger partial charge in [-0.15, -0.1) is 0 Å². The lowest BCUT2D eigenvalue weighted by Crippen LogP contribution is -2.29. The van der Waals surface area contributed by atoms with E-state index in [1.54, 1.807) is 11.0 Å². The van der Waals surface area contributed by atoms with Gasteiger partial charge in [0.15, 0.2) is 0 Å². The Bertz CT molecular complexity index is 1200. The van der Waals surface area contributed by atoms with E-state index in [0.717, 1.165) is 28.7 Å². The van der Waals surface area contributed by atoms with Gasteiger partial charge in [0.2, 0.25) is 0 Å².